The second-order valence-corrected chi connectivity index (χ2v) is 5.49. The molecule has 0 fully saturated rings. The number of fused-ring (bicyclic) bond motifs is 2. The maximum atomic E-state index is 12.4. The third-order valence-electron chi connectivity index (χ3n) is 3.73. The fraction of sp³-hybridized carbons (Fsp3) is 0. The highest BCUT2D eigenvalue weighted by Gasteiger charge is 2.11. The van der Waals surface area contributed by atoms with E-state index in [1.165, 1.54) is 18.3 Å². The number of rotatable bonds is 2. The number of nitrogens with zero attached hydrogens (tertiary/aromatic N) is 1. The van der Waals surface area contributed by atoms with Crippen molar-refractivity contribution in [2.45, 2.75) is 0 Å². The van der Waals surface area contributed by atoms with Crippen LogP contribution in [0.4, 0.5) is 5.69 Å². The topological polar surface area (TPSA) is 138 Å². The molecular weight excluding hydrogens is 340 g/mol. The quantitative estimate of drug-likeness (QED) is 0.461. The molecule has 4 rings (SSSR count). The Morgan fingerprint density at radius 3 is 2.73 bits per heavy atom. The van der Waals surface area contributed by atoms with Crippen LogP contribution in [-0.4, -0.2) is 20.9 Å². The first-order valence-corrected chi connectivity index (χ1v) is 7.47. The molecule has 0 saturated carbocycles. The Bertz CT molecular complexity index is 1350. The van der Waals surface area contributed by atoms with E-state index in [1.54, 1.807) is 24.3 Å². The third-order valence-corrected chi connectivity index (χ3v) is 3.73. The highest BCUT2D eigenvalue weighted by atomic mass is 16.4. The number of pyridine rings is 1. The minimum atomic E-state index is -0.671. The number of hydrogen-bond acceptors (Lipinski definition) is 6. The second kappa shape index (κ2) is 5.81. The Labute approximate surface area is 143 Å². The predicted molar refractivity (Wildman–Crippen MR) is 93.4 cm³/mol. The average Bonchev–Trinajstić information content (AvgIpc) is 2.61. The molecule has 26 heavy (non-hydrogen) atoms. The van der Waals surface area contributed by atoms with Gasteiger partial charge in [-0.1, -0.05) is 0 Å². The van der Waals surface area contributed by atoms with Crippen LogP contribution in [0.1, 0.15) is 10.4 Å². The van der Waals surface area contributed by atoms with Crippen LogP contribution in [0.2, 0.25) is 0 Å². The molecule has 9 nitrogen and oxygen atoms in total. The smallest absolute Gasteiger partial charge is 0.336 e. The Morgan fingerprint density at radius 2 is 1.88 bits per heavy atom. The largest absolute Gasteiger partial charge is 0.423 e. The van der Waals surface area contributed by atoms with Crippen LogP contribution in [0.3, 0.4) is 0 Å². The van der Waals surface area contributed by atoms with E-state index in [0.717, 1.165) is 0 Å². The number of anilines is 1. The van der Waals surface area contributed by atoms with Crippen molar-refractivity contribution in [2.24, 2.45) is 0 Å². The number of carbonyl (C=O) groups is 1. The fourth-order valence-corrected chi connectivity index (χ4v) is 2.52. The van der Waals surface area contributed by atoms with Crippen LogP contribution in [0, 0.1) is 0 Å². The molecule has 1 aromatic carbocycles. The molecule has 0 unspecified atom stereocenters. The van der Waals surface area contributed by atoms with E-state index in [-0.39, 0.29) is 16.6 Å². The van der Waals surface area contributed by atoms with Crippen LogP contribution in [-0.2, 0) is 0 Å². The van der Waals surface area contributed by atoms with E-state index in [1.807, 2.05) is 0 Å². The first kappa shape index (κ1) is 15.5. The number of benzene rings is 1. The normalized spacial score (nSPS) is 10.9. The van der Waals surface area contributed by atoms with Gasteiger partial charge in [0.15, 0.2) is 0 Å². The molecule has 0 saturated heterocycles. The Hall–Kier alpha value is -4.01. The molecule has 0 atom stereocenters. The molecule has 9 heteroatoms. The van der Waals surface area contributed by atoms with Crippen molar-refractivity contribution in [3.63, 3.8) is 0 Å². The van der Waals surface area contributed by atoms with Crippen molar-refractivity contribution >= 4 is 33.6 Å². The summed E-state index contributed by atoms with van der Waals surface area (Å²) in [6.45, 7) is 0. The van der Waals surface area contributed by atoms with Gasteiger partial charge in [0.1, 0.15) is 11.2 Å². The highest BCUT2D eigenvalue weighted by molar-refractivity contribution is 6.06. The first-order chi connectivity index (χ1) is 12.5. The predicted octanol–water partition coefficient (Wildman–Crippen LogP) is 0.970. The molecular formula is C17H10N4O5. The van der Waals surface area contributed by atoms with E-state index in [4.69, 9.17) is 4.42 Å². The third kappa shape index (κ3) is 2.77. The molecule has 3 N–H and O–H groups in total. The molecule has 0 aliphatic carbocycles. The fourth-order valence-electron chi connectivity index (χ4n) is 2.52. The highest BCUT2D eigenvalue weighted by Crippen LogP contribution is 2.18. The van der Waals surface area contributed by atoms with Crippen LogP contribution >= 0.6 is 0 Å². The van der Waals surface area contributed by atoms with Gasteiger partial charge in [0, 0.05) is 23.3 Å². The molecule has 0 bridgehead atoms. The number of aromatic nitrogens is 3. The second-order valence-electron chi connectivity index (χ2n) is 5.49. The first-order valence-electron chi connectivity index (χ1n) is 7.47. The lowest BCUT2D eigenvalue weighted by Gasteiger charge is -2.06. The van der Waals surface area contributed by atoms with Crippen LogP contribution < -0.4 is 22.2 Å². The minimum absolute atomic E-state index is 0.0935. The summed E-state index contributed by atoms with van der Waals surface area (Å²) in [4.78, 5) is 55.1. The van der Waals surface area contributed by atoms with Crippen molar-refractivity contribution in [1.29, 1.82) is 0 Å². The molecule has 0 aliphatic heterocycles. The maximum absolute atomic E-state index is 12.4. The van der Waals surface area contributed by atoms with E-state index < -0.39 is 22.8 Å². The van der Waals surface area contributed by atoms with Gasteiger partial charge in [-0.3, -0.25) is 19.6 Å². The number of amides is 1. The zero-order valence-corrected chi connectivity index (χ0v) is 13.0. The van der Waals surface area contributed by atoms with Crippen molar-refractivity contribution in [3.8, 4) is 0 Å². The summed E-state index contributed by atoms with van der Waals surface area (Å²) in [5, 5.41) is 3.42. The van der Waals surface area contributed by atoms with Gasteiger partial charge in [-0.2, -0.15) is 0 Å². The summed E-state index contributed by atoms with van der Waals surface area (Å²) < 4.78 is 5.03. The Morgan fingerprint density at radius 1 is 1.04 bits per heavy atom. The molecule has 3 aromatic heterocycles. The van der Waals surface area contributed by atoms with Gasteiger partial charge in [-0.05, 0) is 30.3 Å². The summed E-state index contributed by atoms with van der Waals surface area (Å²) in [6, 6.07) is 9.02. The molecule has 0 aliphatic rings. The van der Waals surface area contributed by atoms with Crippen LogP contribution in [0.15, 0.2) is 61.4 Å². The van der Waals surface area contributed by atoms with Gasteiger partial charge in [-0.15, -0.1) is 0 Å². The average molecular weight is 350 g/mol. The number of nitrogens with one attached hydrogen (secondary N) is 3. The molecule has 0 radical (unpaired) electrons. The Kier molecular flexibility index (Phi) is 3.47. The standard InChI is InChI=1S/C17H10N4O5/c22-13-4-1-8-5-10(2-3-12(8)26-13)19-15(23)9-6-11-14(18-7-9)20-17(25)21-16(11)24/h1-7H,(H,19,23)(H2,18,20,21,24,25). The van der Waals surface area contributed by atoms with Crippen LogP contribution in [0.25, 0.3) is 22.0 Å². The Balaban J connectivity index is 1.69. The van der Waals surface area contributed by atoms with Crippen molar-refractivity contribution in [2.75, 3.05) is 5.32 Å². The molecule has 3 heterocycles. The number of aromatic amines is 2. The minimum Gasteiger partial charge on any atom is -0.423 e. The maximum Gasteiger partial charge on any atom is 0.336 e. The summed E-state index contributed by atoms with van der Waals surface area (Å²) in [7, 11) is 0. The summed E-state index contributed by atoms with van der Waals surface area (Å²) in [5.41, 5.74) is -0.641. The van der Waals surface area contributed by atoms with Gasteiger partial charge in [0.25, 0.3) is 11.5 Å². The number of H-pyrrole nitrogens is 2. The van der Waals surface area contributed by atoms with Gasteiger partial charge < -0.3 is 9.73 Å². The number of hydrogen-bond donors (Lipinski definition) is 3. The molecule has 1 amide bonds. The zero-order valence-electron chi connectivity index (χ0n) is 13.0. The van der Waals surface area contributed by atoms with Crippen LogP contribution in [0.5, 0.6) is 0 Å². The van der Waals surface area contributed by atoms with Gasteiger partial charge in [0.2, 0.25) is 0 Å². The molecule has 128 valence electrons. The molecule has 4 aromatic rings. The SMILES string of the molecule is O=C(Nc1ccc2oc(=O)ccc2c1)c1cnc2[nH]c(=O)[nH]c(=O)c2c1. The van der Waals surface area contributed by atoms with E-state index in [9.17, 15) is 19.2 Å². The lowest BCUT2D eigenvalue weighted by atomic mass is 10.2. The summed E-state index contributed by atoms with van der Waals surface area (Å²) in [6.07, 6.45) is 1.26. The van der Waals surface area contributed by atoms with Gasteiger partial charge in [-0.25, -0.2) is 14.6 Å². The lowest BCUT2D eigenvalue weighted by Crippen LogP contribution is -2.23. The summed E-state index contributed by atoms with van der Waals surface area (Å²) in [5.74, 6) is -0.485. The van der Waals surface area contributed by atoms with E-state index >= 15 is 0 Å². The zero-order chi connectivity index (χ0) is 18.3. The van der Waals surface area contributed by atoms with Crippen molar-refractivity contribution in [3.05, 3.63) is 79.4 Å². The monoisotopic (exact) mass is 350 g/mol. The molecule has 0 spiro atoms. The van der Waals surface area contributed by atoms with Crippen molar-refractivity contribution < 1.29 is 9.21 Å². The van der Waals surface area contributed by atoms with E-state index in [0.29, 0.717) is 16.7 Å². The van der Waals surface area contributed by atoms with Gasteiger partial charge in [0.05, 0.1) is 10.9 Å². The number of carbonyl (C=O) groups excluding carboxylic acids is 1. The van der Waals surface area contributed by atoms with Gasteiger partial charge >= 0.3 is 11.3 Å². The van der Waals surface area contributed by atoms with E-state index in [2.05, 4.69) is 20.3 Å². The lowest BCUT2D eigenvalue weighted by molar-refractivity contribution is 0.102. The summed E-state index contributed by atoms with van der Waals surface area (Å²) >= 11 is 0. The van der Waals surface area contributed by atoms with Crippen molar-refractivity contribution in [1.82, 2.24) is 15.0 Å².